The van der Waals surface area contributed by atoms with Crippen LogP contribution in [-0.2, 0) is 12.7 Å². The first-order valence-electron chi connectivity index (χ1n) is 11.0. The van der Waals surface area contributed by atoms with Crippen molar-refractivity contribution in [2.24, 2.45) is 0 Å². The molecular weight excluding hydrogens is 491 g/mol. The summed E-state index contributed by atoms with van der Waals surface area (Å²) in [4.78, 5) is 27.2. The number of aryl methyl sites for hydroxylation is 1. The number of rotatable bonds is 6. The van der Waals surface area contributed by atoms with Crippen LogP contribution in [-0.4, -0.2) is 41.8 Å². The summed E-state index contributed by atoms with van der Waals surface area (Å²) in [7, 11) is 0. The van der Waals surface area contributed by atoms with Gasteiger partial charge in [-0.15, -0.1) is 0 Å². The number of benzene rings is 2. The van der Waals surface area contributed by atoms with Crippen molar-refractivity contribution in [2.45, 2.75) is 19.6 Å². The molecule has 13 heteroatoms. The fourth-order valence-corrected chi connectivity index (χ4v) is 3.96. The molecule has 0 atom stereocenters. The van der Waals surface area contributed by atoms with E-state index >= 15 is 0 Å². The molecule has 188 valence electrons. The third-order valence-corrected chi connectivity index (χ3v) is 5.76. The maximum Gasteiger partial charge on any atom is 0.433 e. The van der Waals surface area contributed by atoms with Gasteiger partial charge in [-0.3, -0.25) is 4.79 Å². The predicted octanol–water partition coefficient (Wildman–Crippen LogP) is 4.41. The summed E-state index contributed by atoms with van der Waals surface area (Å²) in [6.07, 6.45) is -4.75. The zero-order chi connectivity index (χ0) is 26.3. The molecule has 0 aliphatic heterocycles. The maximum absolute atomic E-state index is 13.9. The number of halogens is 3. The molecule has 5 aromatic rings. The molecule has 0 aliphatic carbocycles. The molecule has 0 saturated heterocycles. The summed E-state index contributed by atoms with van der Waals surface area (Å²) in [5, 5.41) is 22.8. The van der Waals surface area contributed by atoms with Crippen molar-refractivity contribution in [1.82, 2.24) is 29.7 Å². The van der Waals surface area contributed by atoms with Gasteiger partial charge >= 0.3 is 12.0 Å². The van der Waals surface area contributed by atoms with Gasteiger partial charge in [0.2, 0.25) is 0 Å². The smallest absolute Gasteiger partial charge is 0.358 e. The second-order valence-electron chi connectivity index (χ2n) is 8.27. The van der Waals surface area contributed by atoms with E-state index < -0.39 is 22.7 Å². The minimum atomic E-state index is -4.75. The van der Waals surface area contributed by atoms with Gasteiger partial charge in [-0.05, 0) is 34.8 Å². The number of alkyl halides is 3. The van der Waals surface area contributed by atoms with Crippen LogP contribution < -0.4 is 5.32 Å². The van der Waals surface area contributed by atoms with Crippen molar-refractivity contribution >= 4 is 28.1 Å². The number of carbonyl (C=O) groups excluding carboxylic acids is 1. The van der Waals surface area contributed by atoms with Gasteiger partial charge < -0.3 is 15.4 Å². The first-order chi connectivity index (χ1) is 17.6. The minimum absolute atomic E-state index is 0.0221. The molecule has 37 heavy (non-hydrogen) atoms. The molecule has 3 aromatic heterocycles. The molecular formula is C24H18F3N7O3. The van der Waals surface area contributed by atoms with E-state index in [0.717, 1.165) is 16.8 Å². The molecule has 5 rings (SSSR count). The van der Waals surface area contributed by atoms with Crippen LogP contribution in [0.25, 0.3) is 27.7 Å². The fourth-order valence-electron chi connectivity index (χ4n) is 3.96. The Bertz CT molecular complexity index is 1670. The molecule has 3 heterocycles. The van der Waals surface area contributed by atoms with Crippen molar-refractivity contribution < 1.29 is 22.9 Å². The summed E-state index contributed by atoms with van der Waals surface area (Å²) in [5.41, 5.74) is -0.359. The number of nitrogens with one attached hydrogen (secondary N) is 1. The van der Waals surface area contributed by atoms with Gasteiger partial charge in [-0.1, -0.05) is 36.4 Å². The van der Waals surface area contributed by atoms with E-state index in [-0.39, 0.29) is 35.9 Å². The summed E-state index contributed by atoms with van der Waals surface area (Å²) in [6.45, 7) is 1.77. The Kier molecular flexibility index (Phi) is 5.82. The van der Waals surface area contributed by atoms with Gasteiger partial charge in [-0.25, -0.2) is 9.50 Å². The number of nitro groups is 1. The first kappa shape index (κ1) is 23.9. The Morgan fingerprint density at radius 1 is 1.05 bits per heavy atom. The topological polar surface area (TPSA) is 120 Å². The van der Waals surface area contributed by atoms with Gasteiger partial charge in [0.1, 0.15) is 0 Å². The molecule has 2 aromatic carbocycles. The Balaban J connectivity index is 1.43. The summed E-state index contributed by atoms with van der Waals surface area (Å²) in [6, 6.07) is 16.1. The fraction of sp³-hybridized carbons (Fsp3) is 0.167. The molecule has 0 radical (unpaired) electrons. The Morgan fingerprint density at radius 2 is 1.81 bits per heavy atom. The number of amides is 1. The number of carbonyl (C=O) groups is 1. The number of hydrogen-bond acceptors (Lipinski definition) is 6. The van der Waals surface area contributed by atoms with Crippen LogP contribution >= 0.6 is 0 Å². The predicted molar refractivity (Wildman–Crippen MR) is 127 cm³/mol. The Morgan fingerprint density at radius 3 is 2.51 bits per heavy atom. The summed E-state index contributed by atoms with van der Waals surface area (Å²) >= 11 is 0. The second-order valence-corrected chi connectivity index (χ2v) is 8.27. The van der Waals surface area contributed by atoms with Gasteiger partial charge in [-0.2, -0.15) is 23.0 Å². The van der Waals surface area contributed by atoms with Crippen LogP contribution in [0.3, 0.4) is 0 Å². The SMILES string of the molecule is Cc1cc([N+](=O)[O-])nn1CCNC(=O)c1cc2nc(-c3ccc4ccccc4c3)cc(C(F)(F)F)n2n1. The molecule has 0 aliphatic rings. The zero-order valence-electron chi connectivity index (χ0n) is 19.2. The van der Waals surface area contributed by atoms with Crippen molar-refractivity contribution in [3.63, 3.8) is 0 Å². The first-order valence-corrected chi connectivity index (χ1v) is 11.0. The average Bonchev–Trinajstić information content (AvgIpc) is 3.46. The summed E-state index contributed by atoms with van der Waals surface area (Å²) in [5.74, 6) is -1.04. The van der Waals surface area contributed by atoms with E-state index in [2.05, 4.69) is 20.5 Å². The number of fused-ring (bicyclic) bond motifs is 2. The largest absolute Gasteiger partial charge is 0.433 e. The van der Waals surface area contributed by atoms with E-state index in [0.29, 0.717) is 15.8 Å². The van der Waals surface area contributed by atoms with Crippen LogP contribution in [0.5, 0.6) is 0 Å². The standard InChI is InChI=1S/C24H18F3N7O3/c1-14-10-22(34(36)37)31-32(14)9-8-28-23(35)19-13-21-29-18(12-20(24(25,26)27)33(21)30-19)17-7-6-15-4-2-3-5-16(15)11-17/h2-7,10-13H,8-9H2,1H3,(H,28,35). The molecule has 0 unspecified atom stereocenters. The second kappa shape index (κ2) is 9.00. The third-order valence-electron chi connectivity index (χ3n) is 5.76. The lowest BCUT2D eigenvalue weighted by atomic mass is 10.0. The average molecular weight is 509 g/mol. The van der Waals surface area contributed by atoms with E-state index in [1.165, 1.54) is 16.8 Å². The highest BCUT2D eigenvalue weighted by atomic mass is 19.4. The quantitative estimate of drug-likeness (QED) is 0.267. The third kappa shape index (κ3) is 4.70. The van der Waals surface area contributed by atoms with Crippen LogP contribution in [0.15, 0.2) is 60.7 Å². The number of hydrogen-bond donors (Lipinski definition) is 1. The van der Waals surface area contributed by atoms with Crippen molar-refractivity contribution in [3.05, 3.63) is 87.9 Å². The molecule has 1 N–H and O–H groups in total. The lowest BCUT2D eigenvalue weighted by molar-refractivity contribution is -0.389. The van der Waals surface area contributed by atoms with Gasteiger partial charge in [0.25, 0.3) is 5.91 Å². The van der Waals surface area contributed by atoms with Gasteiger partial charge in [0.15, 0.2) is 17.0 Å². The van der Waals surface area contributed by atoms with Gasteiger partial charge in [0, 0.05) is 18.2 Å². The van der Waals surface area contributed by atoms with E-state index in [4.69, 9.17) is 0 Å². The molecule has 0 fully saturated rings. The molecule has 10 nitrogen and oxygen atoms in total. The van der Waals surface area contributed by atoms with Crippen molar-refractivity contribution in [2.75, 3.05) is 6.54 Å². The lowest BCUT2D eigenvalue weighted by Gasteiger charge is -2.11. The van der Waals surface area contributed by atoms with Crippen molar-refractivity contribution in [3.8, 4) is 11.3 Å². The number of nitrogens with zero attached hydrogens (tertiary/aromatic N) is 6. The maximum atomic E-state index is 13.9. The number of aromatic nitrogens is 5. The molecule has 0 spiro atoms. The Hall–Kier alpha value is -4.81. The van der Waals surface area contributed by atoms with Gasteiger partial charge in [0.05, 0.1) is 29.1 Å². The van der Waals surface area contributed by atoms with Crippen LogP contribution in [0.2, 0.25) is 0 Å². The van der Waals surface area contributed by atoms with E-state index in [1.54, 1.807) is 25.1 Å². The highest BCUT2D eigenvalue weighted by Gasteiger charge is 2.35. The normalized spacial score (nSPS) is 11.8. The Labute approximate surface area is 206 Å². The minimum Gasteiger partial charge on any atom is -0.358 e. The van der Waals surface area contributed by atoms with Crippen LogP contribution in [0.4, 0.5) is 19.0 Å². The van der Waals surface area contributed by atoms with E-state index in [9.17, 15) is 28.1 Å². The highest BCUT2D eigenvalue weighted by Crippen LogP contribution is 2.33. The monoisotopic (exact) mass is 509 g/mol. The van der Waals surface area contributed by atoms with Crippen LogP contribution in [0, 0.1) is 17.0 Å². The molecule has 0 bridgehead atoms. The van der Waals surface area contributed by atoms with Crippen LogP contribution in [0.1, 0.15) is 21.9 Å². The molecule has 1 amide bonds. The zero-order valence-corrected chi connectivity index (χ0v) is 19.2. The summed E-state index contributed by atoms with van der Waals surface area (Å²) < 4.78 is 43.7. The van der Waals surface area contributed by atoms with Crippen molar-refractivity contribution in [1.29, 1.82) is 0 Å². The highest BCUT2D eigenvalue weighted by molar-refractivity contribution is 5.93. The van der Waals surface area contributed by atoms with E-state index in [1.807, 2.05) is 24.3 Å². The lowest BCUT2D eigenvalue weighted by Crippen LogP contribution is -2.28. The molecule has 0 saturated carbocycles.